The first-order valence-corrected chi connectivity index (χ1v) is 6.34. The molecule has 19 heavy (non-hydrogen) atoms. The number of hydrogen-bond donors (Lipinski definition) is 1. The third kappa shape index (κ3) is 2.30. The second kappa shape index (κ2) is 5.11. The summed E-state index contributed by atoms with van der Waals surface area (Å²) in [6.07, 6.45) is 0.830. The molecule has 1 aromatic carbocycles. The molecular weight excluding hydrogens is 234 g/mol. The van der Waals surface area contributed by atoms with Crippen molar-refractivity contribution in [2.75, 3.05) is 5.73 Å². The lowest BCUT2D eigenvalue weighted by molar-refractivity contribution is 1.05. The van der Waals surface area contributed by atoms with Crippen LogP contribution in [0.25, 0.3) is 11.1 Å². The van der Waals surface area contributed by atoms with Crippen LogP contribution in [-0.4, -0.2) is 4.98 Å². The van der Waals surface area contributed by atoms with Gasteiger partial charge in [0.05, 0.1) is 0 Å². The molecule has 0 bridgehead atoms. The van der Waals surface area contributed by atoms with Crippen molar-refractivity contribution in [2.45, 2.75) is 27.2 Å². The molecule has 0 atom stereocenters. The molecule has 0 aliphatic carbocycles. The lowest BCUT2D eigenvalue weighted by Crippen LogP contribution is -2.04. The summed E-state index contributed by atoms with van der Waals surface area (Å²) < 4.78 is 0. The van der Waals surface area contributed by atoms with E-state index in [1.807, 2.05) is 38.1 Å². The number of benzene rings is 1. The Bertz CT molecular complexity index is 649. The lowest BCUT2D eigenvalue weighted by atomic mass is 9.92. The van der Waals surface area contributed by atoms with Crippen LogP contribution in [-0.2, 0) is 6.42 Å². The zero-order valence-corrected chi connectivity index (χ0v) is 11.5. The maximum Gasteiger partial charge on any atom is 0.142 e. The van der Waals surface area contributed by atoms with Crippen LogP contribution in [0.3, 0.4) is 0 Å². The highest BCUT2D eigenvalue weighted by atomic mass is 14.8. The van der Waals surface area contributed by atoms with Gasteiger partial charge >= 0.3 is 0 Å². The first-order chi connectivity index (χ1) is 9.08. The minimum absolute atomic E-state index is 0.313. The molecule has 0 unspecified atom stereocenters. The molecule has 1 heterocycles. The molecule has 0 fully saturated rings. The summed E-state index contributed by atoms with van der Waals surface area (Å²) >= 11 is 0. The molecule has 3 nitrogen and oxygen atoms in total. The van der Waals surface area contributed by atoms with E-state index in [1.54, 1.807) is 0 Å². The number of nitrogens with two attached hydrogens (primary N) is 1. The van der Waals surface area contributed by atoms with Crippen molar-refractivity contribution in [3.8, 4) is 17.2 Å². The van der Waals surface area contributed by atoms with E-state index in [4.69, 9.17) is 5.73 Å². The molecule has 0 aliphatic heterocycles. The van der Waals surface area contributed by atoms with Gasteiger partial charge in [0, 0.05) is 11.3 Å². The molecule has 0 aliphatic rings. The van der Waals surface area contributed by atoms with Crippen molar-refractivity contribution in [2.24, 2.45) is 0 Å². The summed E-state index contributed by atoms with van der Waals surface area (Å²) in [4.78, 5) is 4.27. The summed E-state index contributed by atoms with van der Waals surface area (Å²) in [5, 5.41) is 9.36. The van der Waals surface area contributed by atoms with Crippen molar-refractivity contribution >= 4 is 5.82 Å². The molecule has 2 rings (SSSR count). The first-order valence-electron chi connectivity index (χ1n) is 6.34. The average molecular weight is 251 g/mol. The zero-order chi connectivity index (χ0) is 14.0. The molecule has 1 aromatic heterocycles. The third-order valence-electron chi connectivity index (χ3n) is 3.34. The quantitative estimate of drug-likeness (QED) is 0.889. The van der Waals surface area contributed by atoms with Gasteiger partial charge in [0.1, 0.15) is 17.5 Å². The van der Waals surface area contributed by atoms with Crippen LogP contribution in [0, 0.1) is 25.2 Å². The fourth-order valence-electron chi connectivity index (χ4n) is 2.35. The van der Waals surface area contributed by atoms with Gasteiger partial charge in [-0.05, 0) is 31.4 Å². The number of nitriles is 1. The van der Waals surface area contributed by atoms with E-state index in [1.165, 1.54) is 5.56 Å². The fraction of sp³-hybridized carbons (Fsp3) is 0.250. The van der Waals surface area contributed by atoms with Crippen LogP contribution in [0.4, 0.5) is 5.82 Å². The Morgan fingerprint density at radius 3 is 2.37 bits per heavy atom. The van der Waals surface area contributed by atoms with Crippen molar-refractivity contribution in [1.29, 1.82) is 5.26 Å². The fourth-order valence-corrected chi connectivity index (χ4v) is 2.35. The second-order valence-electron chi connectivity index (χ2n) is 4.64. The highest BCUT2D eigenvalue weighted by Crippen LogP contribution is 2.32. The lowest BCUT2D eigenvalue weighted by Gasteiger charge is -2.14. The highest BCUT2D eigenvalue weighted by Gasteiger charge is 2.16. The van der Waals surface area contributed by atoms with Crippen molar-refractivity contribution in [3.05, 3.63) is 46.6 Å². The van der Waals surface area contributed by atoms with E-state index in [-0.39, 0.29) is 0 Å². The predicted octanol–water partition coefficient (Wildman–Crippen LogP) is 3.38. The second-order valence-corrected chi connectivity index (χ2v) is 4.64. The Hall–Kier alpha value is -2.34. The Labute approximate surface area is 113 Å². The first kappa shape index (κ1) is 13.1. The Kier molecular flexibility index (Phi) is 3.52. The molecule has 0 saturated heterocycles. The maximum atomic E-state index is 9.36. The minimum Gasteiger partial charge on any atom is -0.383 e. The van der Waals surface area contributed by atoms with Crippen molar-refractivity contribution < 1.29 is 0 Å². The number of anilines is 1. The van der Waals surface area contributed by atoms with Gasteiger partial charge in [-0.15, -0.1) is 0 Å². The van der Waals surface area contributed by atoms with Gasteiger partial charge in [0.15, 0.2) is 0 Å². The van der Waals surface area contributed by atoms with E-state index < -0.39 is 0 Å². The molecular formula is C16H17N3. The number of aryl methyl sites for hydroxylation is 2. The van der Waals surface area contributed by atoms with Crippen molar-refractivity contribution in [3.63, 3.8) is 0 Å². The summed E-state index contributed by atoms with van der Waals surface area (Å²) in [6.45, 7) is 6.05. The van der Waals surface area contributed by atoms with E-state index in [9.17, 15) is 5.26 Å². The Balaban J connectivity index is 2.80. The Morgan fingerprint density at radius 1 is 1.21 bits per heavy atom. The van der Waals surface area contributed by atoms with Gasteiger partial charge in [-0.3, -0.25) is 0 Å². The maximum absolute atomic E-state index is 9.36. The molecule has 0 spiro atoms. The van der Waals surface area contributed by atoms with Crippen LogP contribution in [0.15, 0.2) is 24.3 Å². The van der Waals surface area contributed by atoms with Crippen LogP contribution in [0.1, 0.15) is 29.3 Å². The van der Waals surface area contributed by atoms with Crippen molar-refractivity contribution in [1.82, 2.24) is 4.98 Å². The molecule has 3 heteroatoms. The number of nitrogens with zero attached hydrogens (tertiary/aromatic N) is 2. The van der Waals surface area contributed by atoms with Crippen LogP contribution >= 0.6 is 0 Å². The SMILES string of the molecule is CCc1c(C)nc(N)c(C#N)c1-c1ccc(C)cc1. The van der Waals surface area contributed by atoms with Gasteiger partial charge in [0.2, 0.25) is 0 Å². The zero-order valence-electron chi connectivity index (χ0n) is 11.5. The summed E-state index contributed by atoms with van der Waals surface area (Å²) in [7, 11) is 0. The molecule has 0 saturated carbocycles. The number of pyridine rings is 1. The number of aromatic nitrogens is 1. The van der Waals surface area contributed by atoms with Crippen LogP contribution < -0.4 is 5.73 Å². The van der Waals surface area contributed by atoms with E-state index in [2.05, 4.69) is 18.0 Å². The normalized spacial score (nSPS) is 10.2. The molecule has 2 N–H and O–H groups in total. The minimum atomic E-state index is 0.313. The van der Waals surface area contributed by atoms with E-state index >= 15 is 0 Å². The molecule has 0 radical (unpaired) electrons. The standard InChI is InChI=1S/C16H17N3/c1-4-13-11(3)19-16(18)14(9-17)15(13)12-7-5-10(2)6-8-12/h5-8H,4H2,1-3H3,(H2,18,19). The van der Waals surface area contributed by atoms with Gasteiger partial charge in [-0.1, -0.05) is 36.8 Å². The highest BCUT2D eigenvalue weighted by molar-refractivity contribution is 5.79. The largest absolute Gasteiger partial charge is 0.383 e. The average Bonchev–Trinajstić information content (AvgIpc) is 2.39. The third-order valence-corrected chi connectivity index (χ3v) is 3.34. The predicted molar refractivity (Wildman–Crippen MR) is 77.7 cm³/mol. The number of hydrogen-bond acceptors (Lipinski definition) is 3. The van der Waals surface area contributed by atoms with Gasteiger partial charge < -0.3 is 5.73 Å². The monoisotopic (exact) mass is 251 g/mol. The topological polar surface area (TPSA) is 62.7 Å². The summed E-state index contributed by atoms with van der Waals surface area (Å²) in [5.74, 6) is 0.313. The molecule has 0 amide bonds. The van der Waals surface area contributed by atoms with Crippen LogP contribution in [0.2, 0.25) is 0 Å². The summed E-state index contributed by atoms with van der Waals surface area (Å²) in [6, 6.07) is 10.3. The van der Waals surface area contributed by atoms with Crippen LogP contribution in [0.5, 0.6) is 0 Å². The number of rotatable bonds is 2. The Morgan fingerprint density at radius 2 is 1.84 bits per heavy atom. The number of nitrogen functional groups attached to an aromatic ring is 1. The van der Waals surface area contributed by atoms with E-state index in [0.29, 0.717) is 11.4 Å². The van der Waals surface area contributed by atoms with Gasteiger partial charge in [-0.2, -0.15) is 5.26 Å². The summed E-state index contributed by atoms with van der Waals surface area (Å²) in [5.41, 5.74) is 11.5. The smallest absolute Gasteiger partial charge is 0.142 e. The van der Waals surface area contributed by atoms with E-state index in [0.717, 1.165) is 28.8 Å². The molecule has 96 valence electrons. The molecule has 2 aromatic rings. The van der Waals surface area contributed by atoms with Gasteiger partial charge in [-0.25, -0.2) is 4.98 Å². The van der Waals surface area contributed by atoms with Gasteiger partial charge in [0.25, 0.3) is 0 Å².